The number of amides is 1. The Labute approximate surface area is 237 Å². The summed E-state index contributed by atoms with van der Waals surface area (Å²) >= 11 is 1.57. The molecule has 208 valence electrons. The highest BCUT2D eigenvalue weighted by atomic mass is 32.2. The Bertz CT molecular complexity index is 1430. The number of hydrogen-bond acceptors (Lipinski definition) is 8. The zero-order valence-electron chi connectivity index (χ0n) is 22.8. The number of rotatable bonds is 7. The summed E-state index contributed by atoms with van der Waals surface area (Å²) in [5.74, 6) is 2.07. The average Bonchev–Trinajstić information content (AvgIpc) is 3.37. The van der Waals surface area contributed by atoms with E-state index in [2.05, 4.69) is 31.3 Å². The molecular weight excluding hydrogens is 526 g/mol. The molecule has 9 nitrogen and oxygen atoms in total. The lowest BCUT2D eigenvalue weighted by atomic mass is 9.73. The molecule has 0 spiro atoms. The van der Waals surface area contributed by atoms with Gasteiger partial charge in [0.2, 0.25) is 11.1 Å². The normalized spacial score (nSPS) is 20.0. The Hall–Kier alpha value is -3.63. The summed E-state index contributed by atoms with van der Waals surface area (Å²) in [6.45, 7) is 6.51. The van der Waals surface area contributed by atoms with E-state index in [1.807, 2.05) is 47.1 Å². The fourth-order valence-electron chi connectivity index (χ4n) is 5.48. The Balaban J connectivity index is 1.25. The van der Waals surface area contributed by atoms with Gasteiger partial charge in [0.1, 0.15) is 11.8 Å². The lowest BCUT2D eigenvalue weighted by Crippen LogP contribution is -2.42. The highest BCUT2D eigenvalue weighted by Crippen LogP contribution is 2.45. The van der Waals surface area contributed by atoms with E-state index < -0.39 is 6.04 Å². The number of aromatic nitrogens is 3. The molecule has 3 aliphatic rings. The first kappa shape index (κ1) is 26.6. The minimum absolute atomic E-state index is 0.0230. The number of hydrogen-bond donors (Lipinski definition) is 1. The molecule has 0 saturated carbocycles. The summed E-state index contributed by atoms with van der Waals surface area (Å²) in [4.78, 5) is 32.6. The number of fused-ring (bicyclic) bond motifs is 1. The second-order valence-corrected chi connectivity index (χ2v) is 12.1. The predicted molar refractivity (Wildman–Crippen MR) is 152 cm³/mol. The first-order valence-corrected chi connectivity index (χ1v) is 14.6. The van der Waals surface area contributed by atoms with E-state index in [4.69, 9.17) is 19.6 Å². The minimum Gasteiger partial charge on any atom is -0.484 e. The van der Waals surface area contributed by atoms with Crippen LogP contribution >= 0.6 is 11.8 Å². The molecule has 1 N–H and O–H groups in total. The highest BCUT2D eigenvalue weighted by Gasteiger charge is 2.42. The van der Waals surface area contributed by atoms with Crippen LogP contribution in [0.2, 0.25) is 0 Å². The number of benzene rings is 2. The predicted octanol–water partition coefficient (Wildman–Crippen LogP) is 4.47. The number of nitrogens with one attached hydrogen (secondary N) is 1. The molecule has 1 fully saturated rings. The maximum Gasteiger partial charge on any atom is 0.260 e. The van der Waals surface area contributed by atoms with Gasteiger partial charge in [-0.15, -0.1) is 5.10 Å². The van der Waals surface area contributed by atoms with Crippen molar-refractivity contribution in [1.29, 1.82) is 0 Å². The summed E-state index contributed by atoms with van der Waals surface area (Å²) < 4.78 is 13.0. The number of ether oxygens (including phenoxy) is 2. The summed E-state index contributed by atoms with van der Waals surface area (Å²) in [6, 6.07) is 17.4. The van der Waals surface area contributed by atoms with Gasteiger partial charge in [0, 0.05) is 36.5 Å². The van der Waals surface area contributed by atoms with Crippen LogP contribution < -0.4 is 10.1 Å². The van der Waals surface area contributed by atoms with E-state index in [9.17, 15) is 9.59 Å². The van der Waals surface area contributed by atoms with E-state index in [0.717, 1.165) is 29.0 Å². The van der Waals surface area contributed by atoms with E-state index in [0.29, 0.717) is 49.6 Å². The highest BCUT2D eigenvalue weighted by molar-refractivity contribution is 7.98. The number of Topliss-reactive ketones (excluding diaryl/α,β-unsaturated/α-hetero) is 1. The Morgan fingerprint density at radius 2 is 1.85 bits per heavy atom. The van der Waals surface area contributed by atoms with Gasteiger partial charge in [0.05, 0.1) is 13.2 Å². The average molecular weight is 560 g/mol. The Morgan fingerprint density at radius 1 is 1.10 bits per heavy atom. The first-order chi connectivity index (χ1) is 19.4. The zero-order valence-corrected chi connectivity index (χ0v) is 23.6. The third kappa shape index (κ3) is 5.64. The van der Waals surface area contributed by atoms with Gasteiger partial charge in [-0.1, -0.05) is 68.1 Å². The van der Waals surface area contributed by atoms with Crippen molar-refractivity contribution in [2.75, 3.05) is 38.2 Å². The fraction of sp³-hybridized carbons (Fsp3) is 0.400. The van der Waals surface area contributed by atoms with E-state index in [-0.39, 0.29) is 23.7 Å². The van der Waals surface area contributed by atoms with Crippen LogP contribution in [0.4, 0.5) is 5.95 Å². The molecule has 1 atom stereocenters. The molecule has 1 unspecified atom stereocenters. The first-order valence-electron chi connectivity index (χ1n) is 13.6. The lowest BCUT2D eigenvalue weighted by Gasteiger charge is -2.38. The van der Waals surface area contributed by atoms with Crippen molar-refractivity contribution in [3.8, 4) is 5.75 Å². The molecule has 2 aliphatic heterocycles. The standard InChI is InChI=1S/C30H33N5O4S/c1-30(2)16-23-26(24(36)17-30)27(35-28(31-23)32-29(33-35)40-19-20-6-4-3-5-7-20)21-8-10-22(11-9-21)39-18-25(37)34-12-14-38-15-13-34/h3-11,27H,12-19H2,1-2H3,(H,31,32,33). The van der Waals surface area contributed by atoms with Gasteiger partial charge in [-0.2, -0.15) is 4.98 Å². The molecule has 1 aromatic heterocycles. The third-order valence-corrected chi connectivity index (χ3v) is 8.35. The second-order valence-electron chi connectivity index (χ2n) is 11.1. The number of carbonyl (C=O) groups excluding carboxylic acids is 2. The quantitative estimate of drug-likeness (QED) is 0.424. The number of anilines is 1. The summed E-state index contributed by atoms with van der Waals surface area (Å²) in [6.07, 6.45) is 1.24. The van der Waals surface area contributed by atoms with Crippen LogP contribution in [0.15, 0.2) is 71.0 Å². The van der Waals surface area contributed by atoms with Gasteiger partial charge in [0.15, 0.2) is 12.4 Å². The molecule has 3 aromatic rings. The SMILES string of the molecule is CC1(C)CC(=O)C2=C(C1)Nc1nc(SCc3ccccc3)nn1C2c1ccc(OCC(=O)N2CCOCC2)cc1. The van der Waals surface area contributed by atoms with Crippen LogP contribution in [0, 0.1) is 5.41 Å². The molecule has 1 amide bonds. The maximum absolute atomic E-state index is 13.5. The van der Waals surface area contributed by atoms with Crippen LogP contribution in [0.1, 0.15) is 43.9 Å². The molecule has 1 saturated heterocycles. The number of thioether (sulfide) groups is 1. The smallest absolute Gasteiger partial charge is 0.260 e. The molecule has 3 heterocycles. The monoisotopic (exact) mass is 559 g/mol. The molecule has 10 heteroatoms. The van der Waals surface area contributed by atoms with Crippen molar-refractivity contribution in [2.45, 2.75) is 43.6 Å². The van der Waals surface area contributed by atoms with Gasteiger partial charge >= 0.3 is 0 Å². The van der Waals surface area contributed by atoms with Crippen LogP contribution in [-0.2, 0) is 20.1 Å². The zero-order chi connectivity index (χ0) is 27.7. The summed E-state index contributed by atoms with van der Waals surface area (Å²) in [7, 11) is 0. The molecule has 0 radical (unpaired) electrons. The number of morpholine rings is 1. The van der Waals surface area contributed by atoms with Crippen molar-refractivity contribution in [3.05, 3.63) is 77.0 Å². The molecule has 2 aromatic carbocycles. The van der Waals surface area contributed by atoms with Crippen molar-refractivity contribution >= 4 is 29.4 Å². The number of allylic oxidation sites excluding steroid dienone is 2. The van der Waals surface area contributed by atoms with Gasteiger partial charge in [-0.25, -0.2) is 4.68 Å². The second kappa shape index (κ2) is 11.1. The minimum atomic E-state index is -0.391. The topological polar surface area (TPSA) is 98.6 Å². The van der Waals surface area contributed by atoms with Gasteiger partial charge in [-0.05, 0) is 35.1 Å². The summed E-state index contributed by atoms with van der Waals surface area (Å²) in [5.41, 5.74) is 3.64. The number of ketones is 1. The fourth-order valence-corrected chi connectivity index (χ4v) is 6.26. The van der Waals surface area contributed by atoms with Crippen LogP contribution in [0.25, 0.3) is 0 Å². The van der Waals surface area contributed by atoms with Crippen molar-refractivity contribution in [2.24, 2.45) is 5.41 Å². The van der Waals surface area contributed by atoms with Gasteiger partial charge < -0.3 is 19.7 Å². The number of carbonyl (C=O) groups is 2. The Kier molecular flexibility index (Phi) is 7.37. The van der Waals surface area contributed by atoms with Crippen LogP contribution in [0.3, 0.4) is 0 Å². The van der Waals surface area contributed by atoms with Gasteiger partial charge in [-0.3, -0.25) is 9.59 Å². The van der Waals surface area contributed by atoms with Gasteiger partial charge in [0.25, 0.3) is 5.91 Å². The van der Waals surface area contributed by atoms with Crippen molar-refractivity contribution < 1.29 is 19.1 Å². The molecule has 6 rings (SSSR count). The maximum atomic E-state index is 13.5. The van der Waals surface area contributed by atoms with Crippen LogP contribution in [-0.4, -0.2) is 64.3 Å². The molecular formula is C30H33N5O4S. The third-order valence-electron chi connectivity index (χ3n) is 7.45. The van der Waals surface area contributed by atoms with Crippen molar-refractivity contribution in [3.63, 3.8) is 0 Å². The van der Waals surface area contributed by atoms with Crippen LogP contribution in [0.5, 0.6) is 5.75 Å². The number of nitrogens with zero attached hydrogens (tertiary/aromatic N) is 4. The lowest BCUT2D eigenvalue weighted by molar-refractivity contribution is -0.137. The van der Waals surface area contributed by atoms with Crippen molar-refractivity contribution in [1.82, 2.24) is 19.7 Å². The largest absolute Gasteiger partial charge is 0.484 e. The summed E-state index contributed by atoms with van der Waals surface area (Å²) in [5, 5.41) is 8.94. The molecule has 1 aliphatic carbocycles. The van der Waals surface area contributed by atoms with E-state index in [1.54, 1.807) is 16.7 Å². The Morgan fingerprint density at radius 3 is 2.60 bits per heavy atom. The van der Waals surface area contributed by atoms with E-state index >= 15 is 0 Å². The van der Waals surface area contributed by atoms with E-state index in [1.165, 1.54) is 5.56 Å². The molecule has 0 bridgehead atoms. The molecule has 40 heavy (non-hydrogen) atoms.